The maximum atomic E-state index is 12.4. The van der Waals surface area contributed by atoms with Crippen LogP contribution in [0.5, 0.6) is 0 Å². The van der Waals surface area contributed by atoms with Crippen LogP contribution in [0.25, 0.3) is 0 Å². The molecule has 1 aromatic heterocycles. The van der Waals surface area contributed by atoms with Crippen LogP contribution in [0.1, 0.15) is 33.7 Å². The molecular formula is C18H21N5O5S2. The van der Waals surface area contributed by atoms with Crippen LogP contribution in [0, 0.1) is 0 Å². The lowest BCUT2D eigenvalue weighted by Gasteiger charge is -2.25. The largest absolute Gasteiger partial charge is 0.378 e. The van der Waals surface area contributed by atoms with Gasteiger partial charge in [-0.05, 0) is 31.0 Å². The van der Waals surface area contributed by atoms with Crippen molar-refractivity contribution in [3.05, 3.63) is 40.9 Å². The van der Waals surface area contributed by atoms with E-state index in [0.717, 1.165) is 18.0 Å². The Morgan fingerprint density at radius 1 is 1.13 bits per heavy atom. The molecule has 0 spiro atoms. The lowest BCUT2D eigenvalue weighted by atomic mass is 10.2. The van der Waals surface area contributed by atoms with E-state index in [1.807, 2.05) is 4.90 Å². The summed E-state index contributed by atoms with van der Waals surface area (Å²) in [5.41, 5.74) is 4.91. The van der Waals surface area contributed by atoms with Gasteiger partial charge in [0.15, 0.2) is 5.13 Å². The number of morpholine rings is 1. The fourth-order valence-corrected chi connectivity index (χ4v) is 5.02. The van der Waals surface area contributed by atoms with Gasteiger partial charge < -0.3 is 9.64 Å². The van der Waals surface area contributed by atoms with Gasteiger partial charge in [0.2, 0.25) is 10.0 Å². The minimum absolute atomic E-state index is 0.00281. The Morgan fingerprint density at radius 3 is 2.60 bits per heavy atom. The quantitative estimate of drug-likeness (QED) is 0.545. The van der Waals surface area contributed by atoms with Gasteiger partial charge in [0.25, 0.3) is 11.8 Å². The Kier molecular flexibility index (Phi) is 5.99. The summed E-state index contributed by atoms with van der Waals surface area (Å²) in [5, 5.41) is 2.33. The van der Waals surface area contributed by atoms with Gasteiger partial charge in [0.05, 0.1) is 18.1 Å². The minimum atomic E-state index is -3.67. The molecule has 10 nitrogen and oxygen atoms in total. The number of hydrazine groups is 1. The van der Waals surface area contributed by atoms with Crippen molar-refractivity contribution in [3.8, 4) is 0 Å². The molecule has 3 N–H and O–H groups in total. The molecule has 2 aliphatic rings. The summed E-state index contributed by atoms with van der Waals surface area (Å²) in [6.07, 6.45) is 1.63. The average Bonchev–Trinajstić information content (AvgIpc) is 3.42. The molecule has 0 radical (unpaired) electrons. The number of anilines is 1. The second-order valence-electron chi connectivity index (χ2n) is 6.95. The van der Waals surface area contributed by atoms with E-state index < -0.39 is 21.8 Å². The summed E-state index contributed by atoms with van der Waals surface area (Å²) in [4.78, 5) is 31.0. The number of sulfonamides is 1. The molecule has 2 amide bonds. The Hall–Kier alpha value is -2.54. The third-order valence-electron chi connectivity index (χ3n) is 4.60. The number of thiazole rings is 1. The first kappa shape index (κ1) is 20.7. The van der Waals surface area contributed by atoms with Crippen molar-refractivity contribution in [3.63, 3.8) is 0 Å². The first-order chi connectivity index (χ1) is 14.4. The smallest absolute Gasteiger partial charge is 0.289 e. The van der Waals surface area contributed by atoms with E-state index in [1.54, 1.807) is 5.38 Å². The number of amides is 2. The van der Waals surface area contributed by atoms with Gasteiger partial charge in [-0.3, -0.25) is 20.4 Å². The van der Waals surface area contributed by atoms with Crippen LogP contribution in [0.2, 0.25) is 0 Å². The van der Waals surface area contributed by atoms with Gasteiger partial charge in [-0.1, -0.05) is 6.07 Å². The summed E-state index contributed by atoms with van der Waals surface area (Å²) < 4.78 is 32.5. The SMILES string of the molecule is O=C(NNC(=O)c1csc(N2CCOCC2)n1)c1cccc(S(=O)(=O)NC2CC2)c1. The van der Waals surface area contributed by atoms with Crippen molar-refractivity contribution in [2.75, 3.05) is 31.2 Å². The standard InChI is InChI=1S/C18H21N5O5S2/c24-16(12-2-1-3-14(10-12)30(26,27)22-13-4-5-13)20-21-17(25)15-11-29-18(19-15)23-6-8-28-9-7-23/h1-3,10-11,13,22H,4-9H2,(H,20,24)(H,21,25). The molecule has 1 saturated heterocycles. The molecule has 1 aliphatic heterocycles. The molecule has 30 heavy (non-hydrogen) atoms. The average molecular weight is 452 g/mol. The normalized spacial score (nSPS) is 16.9. The van der Waals surface area contributed by atoms with Crippen molar-refractivity contribution >= 4 is 38.3 Å². The highest BCUT2D eigenvalue weighted by atomic mass is 32.2. The number of nitrogens with one attached hydrogen (secondary N) is 3. The third-order valence-corrected chi connectivity index (χ3v) is 7.02. The Morgan fingerprint density at radius 2 is 1.87 bits per heavy atom. The van der Waals surface area contributed by atoms with Crippen LogP contribution in [0.4, 0.5) is 5.13 Å². The van der Waals surface area contributed by atoms with E-state index in [9.17, 15) is 18.0 Å². The second-order valence-corrected chi connectivity index (χ2v) is 9.50. The second kappa shape index (κ2) is 8.68. The van der Waals surface area contributed by atoms with Crippen molar-refractivity contribution < 1.29 is 22.7 Å². The molecular weight excluding hydrogens is 430 g/mol. The Bertz CT molecular complexity index is 1040. The third kappa shape index (κ3) is 4.95. The minimum Gasteiger partial charge on any atom is -0.378 e. The van der Waals surface area contributed by atoms with Crippen molar-refractivity contribution in [2.45, 2.75) is 23.8 Å². The highest BCUT2D eigenvalue weighted by molar-refractivity contribution is 7.89. The molecule has 2 aromatic rings. The predicted molar refractivity (Wildman–Crippen MR) is 110 cm³/mol. The van der Waals surface area contributed by atoms with E-state index in [1.165, 1.54) is 35.6 Å². The highest BCUT2D eigenvalue weighted by Gasteiger charge is 2.28. The molecule has 2 fully saturated rings. The summed E-state index contributed by atoms with van der Waals surface area (Å²) in [5.74, 6) is -1.19. The molecule has 2 heterocycles. The lowest BCUT2D eigenvalue weighted by molar-refractivity contribution is 0.0844. The van der Waals surface area contributed by atoms with Crippen LogP contribution < -0.4 is 20.5 Å². The van der Waals surface area contributed by atoms with Crippen LogP contribution in [-0.4, -0.2) is 57.6 Å². The Balaban J connectivity index is 1.36. The van der Waals surface area contributed by atoms with Gasteiger partial charge in [0.1, 0.15) is 5.69 Å². The number of carbonyl (C=O) groups excluding carboxylic acids is 2. The van der Waals surface area contributed by atoms with Crippen LogP contribution in [0.3, 0.4) is 0 Å². The van der Waals surface area contributed by atoms with E-state index >= 15 is 0 Å². The first-order valence-electron chi connectivity index (χ1n) is 9.44. The monoisotopic (exact) mass is 451 g/mol. The number of benzene rings is 1. The van der Waals surface area contributed by atoms with Gasteiger partial charge in [-0.25, -0.2) is 18.1 Å². The first-order valence-corrected chi connectivity index (χ1v) is 11.8. The fraction of sp³-hybridized carbons (Fsp3) is 0.389. The van der Waals surface area contributed by atoms with E-state index in [-0.39, 0.29) is 22.2 Å². The molecule has 4 rings (SSSR count). The van der Waals surface area contributed by atoms with Crippen LogP contribution >= 0.6 is 11.3 Å². The zero-order chi connectivity index (χ0) is 21.1. The summed E-state index contributed by atoms with van der Waals surface area (Å²) in [6, 6.07) is 5.60. The van der Waals surface area contributed by atoms with E-state index in [2.05, 4.69) is 20.6 Å². The number of nitrogens with zero attached hydrogens (tertiary/aromatic N) is 2. The molecule has 160 valence electrons. The molecule has 12 heteroatoms. The van der Waals surface area contributed by atoms with E-state index in [0.29, 0.717) is 26.3 Å². The maximum Gasteiger partial charge on any atom is 0.289 e. The maximum absolute atomic E-state index is 12.4. The Labute approximate surface area is 177 Å². The van der Waals surface area contributed by atoms with Gasteiger partial charge >= 0.3 is 0 Å². The van der Waals surface area contributed by atoms with Gasteiger partial charge in [0, 0.05) is 30.1 Å². The van der Waals surface area contributed by atoms with Crippen LogP contribution in [0.15, 0.2) is 34.5 Å². The molecule has 0 atom stereocenters. The molecule has 1 saturated carbocycles. The fourth-order valence-electron chi connectivity index (χ4n) is 2.81. The zero-order valence-electron chi connectivity index (χ0n) is 16.0. The molecule has 0 unspecified atom stereocenters. The number of hydrogen-bond donors (Lipinski definition) is 3. The number of carbonyl (C=O) groups is 2. The number of hydrogen-bond acceptors (Lipinski definition) is 8. The molecule has 1 aliphatic carbocycles. The van der Waals surface area contributed by atoms with Gasteiger partial charge in [-0.2, -0.15) is 0 Å². The van der Waals surface area contributed by atoms with Crippen LogP contribution in [-0.2, 0) is 14.8 Å². The van der Waals surface area contributed by atoms with E-state index in [4.69, 9.17) is 4.74 Å². The number of ether oxygens (including phenoxy) is 1. The summed E-state index contributed by atoms with van der Waals surface area (Å²) in [6.45, 7) is 2.64. The predicted octanol–water partition coefficient (Wildman–Crippen LogP) is 0.495. The summed E-state index contributed by atoms with van der Waals surface area (Å²) >= 11 is 1.34. The van der Waals surface area contributed by atoms with Crippen molar-refractivity contribution in [2.24, 2.45) is 0 Å². The number of aromatic nitrogens is 1. The zero-order valence-corrected chi connectivity index (χ0v) is 17.6. The highest BCUT2D eigenvalue weighted by Crippen LogP contribution is 2.23. The van der Waals surface area contributed by atoms with Gasteiger partial charge in [-0.15, -0.1) is 11.3 Å². The van der Waals surface area contributed by atoms with Crippen molar-refractivity contribution in [1.82, 2.24) is 20.6 Å². The topological polar surface area (TPSA) is 130 Å². The van der Waals surface area contributed by atoms with Crippen molar-refractivity contribution in [1.29, 1.82) is 0 Å². The summed E-state index contributed by atoms with van der Waals surface area (Å²) in [7, 11) is -3.67. The number of rotatable bonds is 6. The molecule has 1 aromatic carbocycles. The lowest BCUT2D eigenvalue weighted by Crippen LogP contribution is -2.42. The molecule has 0 bridgehead atoms.